The third-order valence-corrected chi connectivity index (χ3v) is 5.85. The number of rotatable bonds is 4. The molecule has 1 fully saturated rings. The largest absolute Gasteiger partial charge is 0.609 e. The molecule has 4 nitrogen and oxygen atoms in total. The van der Waals surface area contributed by atoms with Crippen molar-refractivity contribution in [2.24, 2.45) is 5.92 Å². The molecular formula is C19H20FNO3S. The number of hydrogen-bond acceptors (Lipinski definition) is 4. The van der Waals surface area contributed by atoms with Gasteiger partial charge in [-0.25, -0.2) is 4.39 Å². The summed E-state index contributed by atoms with van der Waals surface area (Å²) < 4.78 is 37.3. The number of fused-ring (bicyclic) bond motifs is 1. The molecule has 0 radical (unpaired) electrons. The SMILES string of the molecule is [O-][S+]1COc2cccc(-c3ccccc3OCC3CCNC(F)C3)c21. The number of alkyl halides is 1. The highest BCUT2D eigenvalue weighted by Crippen LogP contribution is 2.42. The van der Waals surface area contributed by atoms with Gasteiger partial charge in [-0.05, 0) is 43.5 Å². The van der Waals surface area contributed by atoms with E-state index in [1.165, 1.54) is 0 Å². The third-order valence-electron chi connectivity index (χ3n) is 4.64. The molecule has 4 rings (SSSR count). The fourth-order valence-electron chi connectivity index (χ4n) is 3.36. The lowest BCUT2D eigenvalue weighted by atomic mass is 9.98. The fourth-order valence-corrected chi connectivity index (χ4v) is 4.49. The molecule has 6 heteroatoms. The van der Waals surface area contributed by atoms with E-state index < -0.39 is 17.5 Å². The average molecular weight is 361 g/mol. The molecule has 25 heavy (non-hydrogen) atoms. The van der Waals surface area contributed by atoms with Crippen molar-refractivity contribution in [2.45, 2.75) is 24.0 Å². The zero-order valence-electron chi connectivity index (χ0n) is 13.7. The Hall–Kier alpha value is -1.76. The highest BCUT2D eigenvalue weighted by Gasteiger charge is 2.31. The van der Waals surface area contributed by atoms with Gasteiger partial charge in [0.25, 0.3) is 5.94 Å². The highest BCUT2D eigenvalue weighted by atomic mass is 32.2. The number of nitrogens with one attached hydrogen (secondary N) is 1. The summed E-state index contributed by atoms with van der Waals surface area (Å²) in [4.78, 5) is 0.726. The molecule has 0 aliphatic carbocycles. The van der Waals surface area contributed by atoms with Crippen molar-refractivity contribution in [1.82, 2.24) is 5.32 Å². The molecule has 2 aromatic carbocycles. The molecule has 1 saturated heterocycles. The lowest BCUT2D eigenvalue weighted by Crippen LogP contribution is -2.36. The average Bonchev–Trinajstić information content (AvgIpc) is 3.02. The Morgan fingerprint density at radius 2 is 2.04 bits per heavy atom. The van der Waals surface area contributed by atoms with Crippen LogP contribution in [0.2, 0.25) is 0 Å². The summed E-state index contributed by atoms with van der Waals surface area (Å²) in [5, 5.41) is 2.81. The van der Waals surface area contributed by atoms with Gasteiger partial charge in [0.2, 0.25) is 4.90 Å². The van der Waals surface area contributed by atoms with Crippen LogP contribution in [0.25, 0.3) is 11.1 Å². The number of piperidine rings is 1. The third kappa shape index (κ3) is 3.47. The quantitative estimate of drug-likeness (QED) is 0.669. The van der Waals surface area contributed by atoms with Crippen LogP contribution in [0.15, 0.2) is 47.4 Å². The molecule has 2 aromatic rings. The van der Waals surface area contributed by atoms with Crippen molar-refractivity contribution in [2.75, 3.05) is 19.1 Å². The van der Waals surface area contributed by atoms with Crippen LogP contribution in [-0.2, 0) is 11.2 Å². The minimum absolute atomic E-state index is 0.197. The molecule has 0 saturated carbocycles. The summed E-state index contributed by atoms with van der Waals surface area (Å²) in [5.74, 6) is 1.80. The fraction of sp³-hybridized carbons (Fsp3) is 0.368. The van der Waals surface area contributed by atoms with Crippen LogP contribution >= 0.6 is 0 Å². The molecule has 132 valence electrons. The predicted octanol–water partition coefficient (Wildman–Crippen LogP) is 3.49. The Morgan fingerprint density at radius 1 is 1.20 bits per heavy atom. The van der Waals surface area contributed by atoms with E-state index in [9.17, 15) is 8.94 Å². The first-order chi connectivity index (χ1) is 12.2. The molecule has 0 aromatic heterocycles. The van der Waals surface area contributed by atoms with Crippen LogP contribution in [0.3, 0.4) is 0 Å². The molecule has 3 unspecified atom stereocenters. The summed E-state index contributed by atoms with van der Waals surface area (Å²) in [5.41, 5.74) is 1.77. The van der Waals surface area contributed by atoms with E-state index in [-0.39, 0.29) is 11.9 Å². The van der Waals surface area contributed by atoms with Crippen LogP contribution in [0.1, 0.15) is 12.8 Å². The maximum Gasteiger partial charge on any atom is 0.250 e. The normalized spacial score (nSPS) is 25.3. The first-order valence-electron chi connectivity index (χ1n) is 8.46. The smallest absolute Gasteiger partial charge is 0.250 e. The van der Waals surface area contributed by atoms with E-state index in [0.717, 1.165) is 28.2 Å². The van der Waals surface area contributed by atoms with Crippen LogP contribution < -0.4 is 14.8 Å². The topological polar surface area (TPSA) is 53.5 Å². The molecular weight excluding hydrogens is 341 g/mol. The Labute approximate surface area is 149 Å². The predicted molar refractivity (Wildman–Crippen MR) is 94.9 cm³/mol. The number of para-hydroxylation sites is 1. The number of halogens is 1. The maximum absolute atomic E-state index is 13.5. The lowest BCUT2D eigenvalue weighted by molar-refractivity contribution is 0.134. The van der Waals surface area contributed by atoms with Crippen molar-refractivity contribution < 1.29 is 18.4 Å². The monoisotopic (exact) mass is 361 g/mol. The Balaban J connectivity index is 1.59. The van der Waals surface area contributed by atoms with Gasteiger partial charge in [0.15, 0.2) is 12.0 Å². The van der Waals surface area contributed by atoms with Gasteiger partial charge in [0.1, 0.15) is 5.75 Å². The van der Waals surface area contributed by atoms with Crippen molar-refractivity contribution in [1.29, 1.82) is 0 Å². The van der Waals surface area contributed by atoms with E-state index in [2.05, 4.69) is 5.32 Å². The number of benzene rings is 2. The first-order valence-corrected chi connectivity index (χ1v) is 9.78. The van der Waals surface area contributed by atoms with E-state index in [4.69, 9.17) is 9.47 Å². The van der Waals surface area contributed by atoms with Gasteiger partial charge in [0, 0.05) is 22.3 Å². The summed E-state index contributed by atoms with van der Waals surface area (Å²) in [7, 11) is 0. The second-order valence-corrected chi connectivity index (χ2v) is 7.69. The van der Waals surface area contributed by atoms with Gasteiger partial charge < -0.3 is 14.0 Å². The standard InChI is InChI=1S/C19H20FNO3S/c20-18-10-13(8-9-21-18)11-23-16-6-2-1-4-14(16)15-5-3-7-17-19(15)25(22)12-24-17/h1-7,13,18,21H,8-12H2. The van der Waals surface area contributed by atoms with E-state index in [0.29, 0.717) is 25.3 Å². The Bertz CT molecular complexity index is 757. The van der Waals surface area contributed by atoms with Gasteiger partial charge in [-0.15, -0.1) is 0 Å². The minimum atomic E-state index is -1.17. The van der Waals surface area contributed by atoms with Gasteiger partial charge in [0.05, 0.1) is 6.61 Å². The number of ether oxygens (including phenoxy) is 2. The van der Waals surface area contributed by atoms with Crippen molar-refractivity contribution in [3.8, 4) is 22.6 Å². The van der Waals surface area contributed by atoms with Crippen molar-refractivity contribution >= 4 is 11.2 Å². The van der Waals surface area contributed by atoms with E-state index >= 15 is 0 Å². The minimum Gasteiger partial charge on any atom is -0.609 e. The first kappa shape index (κ1) is 16.7. The van der Waals surface area contributed by atoms with Gasteiger partial charge in [-0.3, -0.25) is 5.32 Å². The highest BCUT2D eigenvalue weighted by molar-refractivity contribution is 7.91. The zero-order chi connectivity index (χ0) is 17.2. The van der Waals surface area contributed by atoms with Crippen LogP contribution in [0.4, 0.5) is 4.39 Å². The molecule has 2 aliphatic rings. The zero-order valence-corrected chi connectivity index (χ0v) is 14.6. The summed E-state index contributed by atoms with van der Waals surface area (Å²) in [6, 6.07) is 13.4. The van der Waals surface area contributed by atoms with E-state index in [1.807, 2.05) is 42.5 Å². The van der Waals surface area contributed by atoms with Crippen LogP contribution in [-0.4, -0.2) is 29.9 Å². The molecule has 0 spiro atoms. The van der Waals surface area contributed by atoms with Crippen molar-refractivity contribution in [3.05, 3.63) is 42.5 Å². The summed E-state index contributed by atoms with van der Waals surface area (Å²) in [6.07, 6.45) is 0.427. The maximum atomic E-state index is 13.5. The van der Waals surface area contributed by atoms with Crippen LogP contribution in [0, 0.1) is 5.92 Å². The molecule has 1 N–H and O–H groups in total. The second-order valence-electron chi connectivity index (χ2n) is 6.36. The lowest BCUT2D eigenvalue weighted by Gasteiger charge is -2.26. The van der Waals surface area contributed by atoms with Crippen LogP contribution in [0.5, 0.6) is 11.5 Å². The molecule has 0 amide bonds. The van der Waals surface area contributed by atoms with Gasteiger partial charge in [-0.2, -0.15) is 0 Å². The van der Waals surface area contributed by atoms with Gasteiger partial charge in [-0.1, -0.05) is 24.3 Å². The Kier molecular flexibility index (Phi) is 4.83. The Morgan fingerprint density at radius 3 is 2.92 bits per heavy atom. The molecule has 2 heterocycles. The van der Waals surface area contributed by atoms with Gasteiger partial charge >= 0.3 is 0 Å². The molecule has 2 aliphatic heterocycles. The second kappa shape index (κ2) is 7.23. The molecule has 0 bridgehead atoms. The summed E-state index contributed by atoms with van der Waals surface area (Å²) >= 11 is -1.17. The summed E-state index contributed by atoms with van der Waals surface area (Å²) in [6.45, 7) is 1.16. The number of hydrogen-bond donors (Lipinski definition) is 1. The molecule has 3 atom stereocenters. The van der Waals surface area contributed by atoms with Crippen molar-refractivity contribution in [3.63, 3.8) is 0 Å². The van der Waals surface area contributed by atoms with E-state index in [1.54, 1.807) is 0 Å².